The Labute approximate surface area is 328 Å². The van der Waals surface area contributed by atoms with E-state index in [-0.39, 0.29) is 16.2 Å². The monoisotopic (exact) mass is 715 g/mol. The van der Waals surface area contributed by atoms with Gasteiger partial charge in [-0.05, 0) is 165 Å². The van der Waals surface area contributed by atoms with E-state index in [9.17, 15) is 0 Å². The van der Waals surface area contributed by atoms with E-state index >= 15 is 0 Å². The summed E-state index contributed by atoms with van der Waals surface area (Å²) in [5, 5.41) is 0. The van der Waals surface area contributed by atoms with Gasteiger partial charge in [0, 0.05) is 16.8 Å². The van der Waals surface area contributed by atoms with Crippen LogP contribution in [-0.4, -0.2) is 0 Å². The number of hydrogen-bond donors (Lipinski definition) is 0. The Balaban J connectivity index is 1.15. The van der Waals surface area contributed by atoms with Gasteiger partial charge in [0.1, 0.15) is 0 Å². The lowest BCUT2D eigenvalue weighted by Gasteiger charge is -2.61. The fourth-order valence-electron chi connectivity index (χ4n) is 13.0. The zero-order valence-electron chi connectivity index (χ0n) is 33.0. The molecule has 0 aliphatic heterocycles. The van der Waals surface area contributed by atoms with Crippen molar-refractivity contribution < 1.29 is 0 Å². The molecule has 4 saturated carbocycles. The van der Waals surface area contributed by atoms with Gasteiger partial charge in [-0.2, -0.15) is 0 Å². The summed E-state index contributed by atoms with van der Waals surface area (Å²) in [5.41, 5.74) is 18.6. The molecule has 0 N–H and O–H groups in total. The Morgan fingerprint density at radius 3 is 1.71 bits per heavy atom. The van der Waals surface area contributed by atoms with Crippen molar-refractivity contribution in [1.29, 1.82) is 0 Å². The van der Waals surface area contributed by atoms with Crippen molar-refractivity contribution in [3.8, 4) is 33.4 Å². The first-order valence-corrected chi connectivity index (χ1v) is 21.2. The average Bonchev–Trinajstić information content (AvgIpc) is 3.50. The molecule has 0 amide bonds. The Bertz CT molecular complexity index is 2400. The normalized spacial score (nSPS) is 26.0. The summed E-state index contributed by atoms with van der Waals surface area (Å²) in [4.78, 5) is 2.61. The highest BCUT2D eigenvalue weighted by Crippen LogP contribution is 2.71. The maximum absolute atomic E-state index is 2.61. The van der Waals surface area contributed by atoms with Crippen LogP contribution in [0, 0.1) is 23.7 Å². The summed E-state index contributed by atoms with van der Waals surface area (Å²) in [5.74, 6) is 3.25. The van der Waals surface area contributed by atoms with Crippen LogP contribution in [0.15, 0.2) is 140 Å². The SMILES string of the molecule is CC1(C)CCC(C)(C)c2c(N(c3ccc(-c4ccccc4)cc3)c3ccc4c(c3)-c3cccc(-c5ccccc5)c3C43C4CC5CC(C4)CC3C5)cccc21. The van der Waals surface area contributed by atoms with Crippen molar-refractivity contribution in [1.82, 2.24) is 0 Å². The largest absolute Gasteiger partial charge is 0.310 e. The summed E-state index contributed by atoms with van der Waals surface area (Å²) in [6.07, 6.45) is 9.39. The number of nitrogens with zero attached hydrogens (tertiary/aromatic N) is 1. The van der Waals surface area contributed by atoms with Crippen molar-refractivity contribution in [2.24, 2.45) is 23.7 Å². The van der Waals surface area contributed by atoms with E-state index in [0.29, 0.717) is 11.8 Å². The number of rotatable bonds is 5. The molecule has 1 spiro atoms. The van der Waals surface area contributed by atoms with Crippen LogP contribution in [0.2, 0.25) is 0 Å². The summed E-state index contributed by atoms with van der Waals surface area (Å²) in [6.45, 7) is 9.85. The van der Waals surface area contributed by atoms with Gasteiger partial charge in [0.05, 0.1) is 5.69 Å². The van der Waals surface area contributed by atoms with E-state index in [1.54, 1.807) is 11.1 Å². The molecule has 6 aliphatic rings. The molecule has 1 nitrogen and oxygen atoms in total. The van der Waals surface area contributed by atoms with E-state index in [2.05, 4.69) is 172 Å². The fraction of sp³-hybridized carbons (Fsp3) is 0.333. The molecule has 12 rings (SSSR count). The summed E-state index contributed by atoms with van der Waals surface area (Å²) >= 11 is 0. The molecule has 55 heavy (non-hydrogen) atoms. The first-order valence-electron chi connectivity index (χ1n) is 21.2. The van der Waals surface area contributed by atoms with Crippen LogP contribution < -0.4 is 4.90 Å². The van der Waals surface area contributed by atoms with Crippen molar-refractivity contribution in [2.75, 3.05) is 4.90 Å². The molecule has 6 aromatic rings. The van der Waals surface area contributed by atoms with Crippen molar-refractivity contribution in [3.05, 3.63) is 162 Å². The summed E-state index contributed by atoms with van der Waals surface area (Å²) in [7, 11) is 0. The molecule has 4 fully saturated rings. The minimum Gasteiger partial charge on any atom is -0.310 e. The van der Waals surface area contributed by atoms with Crippen LogP contribution in [0.4, 0.5) is 17.1 Å². The van der Waals surface area contributed by atoms with Gasteiger partial charge >= 0.3 is 0 Å². The van der Waals surface area contributed by atoms with E-state index in [1.807, 2.05) is 0 Å². The van der Waals surface area contributed by atoms with E-state index in [1.165, 1.54) is 107 Å². The van der Waals surface area contributed by atoms with Crippen LogP contribution in [0.1, 0.15) is 94.9 Å². The zero-order valence-corrected chi connectivity index (χ0v) is 33.0. The Hall–Kier alpha value is -4.88. The van der Waals surface area contributed by atoms with Crippen molar-refractivity contribution in [3.63, 3.8) is 0 Å². The van der Waals surface area contributed by atoms with Gasteiger partial charge in [-0.25, -0.2) is 0 Å². The molecule has 0 aromatic heterocycles. The minimum atomic E-state index is 0.0576. The smallest absolute Gasteiger partial charge is 0.0502 e. The quantitative estimate of drug-likeness (QED) is 0.172. The molecule has 6 aromatic carbocycles. The predicted molar refractivity (Wildman–Crippen MR) is 231 cm³/mol. The number of anilines is 3. The zero-order chi connectivity index (χ0) is 37.1. The van der Waals surface area contributed by atoms with Crippen molar-refractivity contribution >= 4 is 17.1 Å². The first-order chi connectivity index (χ1) is 26.7. The molecule has 0 unspecified atom stereocenters. The second-order valence-electron chi connectivity index (χ2n) is 19.2. The van der Waals surface area contributed by atoms with E-state index < -0.39 is 0 Å². The van der Waals surface area contributed by atoms with Crippen LogP contribution in [-0.2, 0) is 16.2 Å². The maximum Gasteiger partial charge on any atom is 0.0502 e. The third-order valence-electron chi connectivity index (χ3n) is 15.3. The van der Waals surface area contributed by atoms with Gasteiger partial charge in [0.2, 0.25) is 0 Å². The third-order valence-corrected chi connectivity index (χ3v) is 15.3. The Morgan fingerprint density at radius 1 is 0.436 bits per heavy atom. The van der Waals surface area contributed by atoms with Crippen LogP contribution in [0.3, 0.4) is 0 Å². The Morgan fingerprint density at radius 2 is 1.02 bits per heavy atom. The van der Waals surface area contributed by atoms with Gasteiger partial charge in [0.25, 0.3) is 0 Å². The lowest BCUT2D eigenvalue weighted by atomic mass is 9.42. The number of benzene rings is 6. The lowest BCUT2D eigenvalue weighted by Crippen LogP contribution is -2.55. The molecule has 0 radical (unpaired) electrons. The molecule has 0 heterocycles. The van der Waals surface area contributed by atoms with Gasteiger partial charge in [-0.15, -0.1) is 0 Å². The van der Waals surface area contributed by atoms with Gasteiger partial charge in [0.15, 0.2) is 0 Å². The number of hydrogen-bond acceptors (Lipinski definition) is 1. The predicted octanol–water partition coefficient (Wildman–Crippen LogP) is 14.6. The van der Waals surface area contributed by atoms with Gasteiger partial charge in [-0.3, -0.25) is 0 Å². The molecule has 4 bridgehead atoms. The maximum atomic E-state index is 2.61. The van der Waals surface area contributed by atoms with Gasteiger partial charge < -0.3 is 4.90 Å². The van der Waals surface area contributed by atoms with E-state index in [4.69, 9.17) is 0 Å². The van der Waals surface area contributed by atoms with Crippen LogP contribution >= 0.6 is 0 Å². The average molecular weight is 716 g/mol. The second-order valence-corrected chi connectivity index (χ2v) is 19.2. The first kappa shape index (κ1) is 33.5. The molecular formula is C54H53N. The van der Waals surface area contributed by atoms with Crippen LogP contribution in [0.5, 0.6) is 0 Å². The Kier molecular flexibility index (Phi) is 7.34. The number of fused-ring (bicyclic) bond motifs is 4. The minimum absolute atomic E-state index is 0.0576. The highest BCUT2D eigenvalue weighted by Gasteiger charge is 2.62. The molecule has 274 valence electrons. The van der Waals surface area contributed by atoms with Gasteiger partial charge in [-0.1, -0.05) is 137 Å². The third kappa shape index (κ3) is 4.90. The summed E-state index contributed by atoms with van der Waals surface area (Å²) < 4.78 is 0. The molecule has 1 heteroatoms. The molecule has 0 saturated heterocycles. The lowest BCUT2D eigenvalue weighted by molar-refractivity contribution is -0.0397. The fourth-order valence-corrected chi connectivity index (χ4v) is 13.0. The standard InChI is InChI=1S/C54H53N/c1-52(2)27-28-53(3,4)51-48(52)19-12-20-49(51)55(42-23-21-38(22-24-42)37-13-7-5-8-14-37)43-25-26-47-46(34-43)45-18-11-17-44(39-15-9-6-10-16-39)50(45)54(47)40-30-35-29-36(32-40)33-41(54)31-35/h5-26,34-36,40-41H,27-33H2,1-4H3. The van der Waals surface area contributed by atoms with E-state index in [0.717, 1.165) is 11.8 Å². The second kappa shape index (κ2) is 12.1. The molecular weight excluding hydrogens is 663 g/mol. The van der Waals surface area contributed by atoms with Crippen molar-refractivity contribution in [2.45, 2.75) is 88.9 Å². The highest BCUT2D eigenvalue weighted by atomic mass is 15.1. The highest BCUT2D eigenvalue weighted by molar-refractivity contribution is 5.92. The molecule has 0 atom stereocenters. The van der Waals surface area contributed by atoms with Crippen LogP contribution in [0.25, 0.3) is 33.4 Å². The molecule has 6 aliphatic carbocycles. The topological polar surface area (TPSA) is 3.24 Å². The summed E-state index contributed by atoms with van der Waals surface area (Å²) in [6, 6.07) is 53.6.